The second-order valence-corrected chi connectivity index (χ2v) is 11.6. The zero-order chi connectivity index (χ0) is 28.0. The minimum absolute atomic E-state index is 0.00197. The van der Waals surface area contributed by atoms with Crippen LogP contribution in [0.2, 0.25) is 0 Å². The highest BCUT2D eigenvalue weighted by molar-refractivity contribution is 7.89. The Morgan fingerprint density at radius 2 is 1.77 bits per heavy atom. The third-order valence-electron chi connectivity index (χ3n) is 6.27. The predicted molar refractivity (Wildman–Crippen MR) is 148 cm³/mol. The highest BCUT2D eigenvalue weighted by Gasteiger charge is 2.34. The number of methoxy groups -OCH3 is 1. The molecule has 10 nitrogen and oxygen atoms in total. The lowest BCUT2D eigenvalue weighted by Crippen LogP contribution is -2.43. The Kier molecular flexibility index (Phi) is 9.00. The first-order chi connectivity index (χ1) is 18.7. The number of ether oxygens (including phenoxy) is 2. The van der Waals surface area contributed by atoms with E-state index in [0.717, 1.165) is 5.56 Å². The molecule has 0 radical (unpaired) electrons. The second-order valence-electron chi connectivity index (χ2n) is 8.77. The number of esters is 1. The number of hydrogen-bond donors (Lipinski definition) is 2. The van der Waals surface area contributed by atoms with Crippen molar-refractivity contribution in [1.29, 1.82) is 0 Å². The number of rotatable bonds is 8. The third kappa shape index (κ3) is 6.47. The Morgan fingerprint density at radius 1 is 1.05 bits per heavy atom. The lowest BCUT2D eigenvalue weighted by molar-refractivity contribution is -0.120. The van der Waals surface area contributed by atoms with Gasteiger partial charge in [-0.1, -0.05) is 30.3 Å². The number of carbonyl (C=O) groups is 3. The maximum absolute atomic E-state index is 13.3. The largest absolute Gasteiger partial charge is 0.462 e. The predicted octanol–water partition coefficient (Wildman–Crippen LogP) is 4.81. The first-order valence-electron chi connectivity index (χ1n) is 12.3. The number of carbonyl (C=O) groups excluding carboxylic acids is 3. The van der Waals surface area contributed by atoms with Gasteiger partial charge in [0.1, 0.15) is 10.6 Å². The molecule has 2 N–H and O–H groups in total. The van der Waals surface area contributed by atoms with E-state index in [2.05, 4.69) is 15.4 Å². The summed E-state index contributed by atoms with van der Waals surface area (Å²) in [6.07, 6.45) is 0.345. The molecule has 2 heterocycles. The molecule has 2 aromatic carbocycles. The van der Waals surface area contributed by atoms with E-state index in [1.807, 2.05) is 30.3 Å². The Morgan fingerprint density at radius 3 is 2.44 bits per heavy atom. The summed E-state index contributed by atoms with van der Waals surface area (Å²) in [6, 6.07) is 15.1. The molecule has 0 bridgehead atoms. The van der Waals surface area contributed by atoms with Gasteiger partial charge in [0, 0.05) is 29.7 Å². The second kappa shape index (κ2) is 12.4. The molecule has 0 saturated carbocycles. The van der Waals surface area contributed by atoms with Gasteiger partial charge >= 0.3 is 12.1 Å². The zero-order valence-electron chi connectivity index (χ0n) is 21.5. The van der Waals surface area contributed by atoms with Crippen molar-refractivity contribution < 1.29 is 32.3 Å². The smallest absolute Gasteiger partial charge is 0.411 e. The first-order valence-corrected chi connectivity index (χ1v) is 14.7. The minimum Gasteiger partial charge on any atom is -0.462 e. The Bertz CT molecular complexity index is 1440. The maximum atomic E-state index is 13.3. The topological polar surface area (TPSA) is 131 Å². The van der Waals surface area contributed by atoms with Gasteiger partial charge in [0.15, 0.2) is 0 Å². The van der Waals surface area contributed by atoms with Crippen molar-refractivity contribution in [3.05, 3.63) is 65.5 Å². The van der Waals surface area contributed by atoms with Gasteiger partial charge in [0.2, 0.25) is 15.9 Å². The van der Waals surface area contributed by atoms with Gasteiger partial charge in [-0.25, -0.2) is 18.0 Å². The van der Waals surface area contributed by atoms with Crippen molar-refractivity contribution in [2.75, 3.05) is 37.4 Å². The molecular weight excluding hydrogens is 542 g/mol. The van der Waals surface area contributed by atoms with E-state index in [1.54, 1.807) is 12.3 Å². The Balaban J connectivity index is 1.50. The number of nitrogens with one attached hydrogen (secondary N) is 2. The number of thiophene rings is 1. The van der Waals surface area contributed by atoms with Crippen LogP contribution in [0.15, 0.2) is 64.9 Å². The van der Waals surface area contributed by atoms with Gasteiger partial charge in [0.25, 0.3) is 0 Å². The Labute approximate surface area is 231 Å². The van der Waals surface area contributed by atoms with Gasteiger partial charge in [-0.15, -0.1) is 11.3 Å². The van der Waals surface area contributed by atoms with Gasteiger partial charge in [-0.3, -0.25) is 10.1 Å². The molecular formula is C27H29N3O7S2. The summed E-state index contributed by atoms with van der Waals surface area (Å²) in [4.78, 5) is 37.6. The Hall–Kier alpha value is -3.74. The van der Waals surface area contributed by atoms with Crippen molar-refractivity contribution in [3.8, 4) is 11.1 Å². The molecule has 0 unspecified atom stereocenters. The molecule has 3 aromatic rings. The summed E-state index contributed by atoms with van der Waals surface area (Å²) < 4.78 is 37.7. The van der Waals surface area contributed by atoms with Gasteiger partial charge in [0.05, 0.1) is 24.5 Å². The maximum Gasteiger partial charge on any atom is 0.411 e. The van der Waals surface area contributed by atoms with Gasteiger partial charge in [-0.05, 0) is 49.6 Å². The molecule has 1 fully saturated rings. The molecule has 12 heteroatoms. The number of sulfonamides is 1. The summed E-state index contributed by atoms with van der Waals surface area (Å²) >= 11 is 1.22. The standard InChI is InChI=1S/C27H29N3O7S2/c1-3-37-26(32)23-22(18-8-5-4-6-9-18)17-38-25(23)29-24(31)19-10-7-15-30(16-19)39(34,35)21-13-11-20(12-14-21)28-27(33)36-2/h4-6,8-9,11-14,17,19H,3,7,10,15-16H2,1-2H3,(H,28,33)(H,29,31)/t19-/m1/s1. The number of piperidine rings is 1. The fourth-order valence-electron chi connectivity index (χ4n) is 4.30. The van der Waals surface area contributed by atoms with Crippen molar-refractivity contribution in [2.24, 2.45) is 5.92 Å². The third-order valence-corrected chi connectivity index (χ3v) is 9.05. The number of anilines is 2. The fraction of sp³-hybridized carbons (Fsp3) is 0.296. The van der Waals surface area contributed by atoms with Crippen LogP contribution in [0, 0.1) is 5.92 Å². The van der Waals surface area contributed by atoms with Crippen molar-refractivity contribution in [2.45, 2.75) is 24.7 Å². The number of hydrogen-bond acceptors (Lipinski definition) is 8. The van der Waals surface area contributed by atoms with Crippen molar-refractivity contribution in [1.82, 2.24) is 4.31 Å². The van der Waals surface area contributed by atoms with Crippen LogP contribution in [-0.2, 0) is 24.3 Å². The molecule has 39 heavy (non-hydrogen) atoms. The SMILES string of the molecule is CCOC(=O)c1c(-c2ccccc2)csc1NC(=O)[C@@H]1CCCN(S(=O)(=O)c2ccc(NC(=O)OC)cc2)C1. The van der Waals surface area contributed by atoms with Crippen LogP contribution in [0.25, 0.3) is 11.1 Å². The minimum atomic E-state index is -3.88. The van der Waals surface area contributed by atoms with Crippen molar-refractivity contribution in [3.63, 3.8) is 0 Å². The van der Waals surface area contributed by atoms with E-state index in [0.29, 0.717) is 29.1 Å². The molecule has 1 saturated heterocycles. The van der Waals surface area contributed by atoms with Crippen LogP contribution in [0.1, 0.15) is 30.1 Å². The van der Waals surface area contributed by atoms with Crippen LogP contribution < -0.4 is 10.6 Å². The number of benzene rings is 2. The quantitative estimate of drug-likeness (QED) is 0.371. The molecule has 1 aliphatic heterocycles. The zero-order valence-corrected chi connectivity index (χ0v) is 23.1. The van der Waals surface area contributed by atoms with E-state index < -0.39 is 28.0 Å². The summed E-state index contributed by atoms with van der Waals surface area (Å²) in [7, 11) is -2.64. The van der Waals surface area contributed by atoms with Crippen LogP contribution in [0.4, 0.5) is 15.5 Å². The van der Waals surface area contributed by atoms with Crippen molar-refractivity contribution >= 4 is 50.0 Å². The van der Waals surface area contributed by atoms with Gasteiger partial charge in [-0.2, -0.15) is 4.31 Å². The molecule has 4 rings (SSSR count). The van der Waals surface area contributed by atoms with Crippen LogP contribution >= 0.6 is 11.3 Å². The van der Waals surface area contributed by atoms with Gasteiger partial charge < -0.3 is 14.8 Å². The number of amides is 2. The monoisotopic (exact) mass is 571 g/mol. The van der Waals surface area contributed by atoms with E-state index in [1.165, 1.54) is 47.0 Å². The highest BCUT2D eigenvalue weighted by atomic mass is 32.2. The van der Waals surface area contributed by atoms with Crippen LogP contribution in [0.5, 0.6) is 0 Å². The molecule has 0 spiro atoms. The van der Waals surface area contributed by atoms with E-state index >= 15 is 0 Å². The average molecular weight is 572 g/mol. The highest BCUT2D eigenvalue weighted by Crippen LogP contribution is 2.37. The number of nitrogens with zero attached hydrogens (tertiary/aromatic N) is 1. The van der Waals surface area contributed by atoms with E-state index in [-0.39, 0.29) is 36.1 Å². The van der Waals surface area contributed by atoms with Crippen LogP contribution in [-0.4, -0.2) is 57.5 Å². The average Bonchev–Trinajstić information content (AvgIpc) is 3.37. The lowest BCUT2D eigenvalue weighted by atomic mass is 9.98. The molecule has 1 atom stereocenters. The lowest BCUT2D eigenvalue weighted by Gasteiger charge is -2.31. The normalized spacial score (nSPS) is 15.8. The molecule has 1 aromatic heterocycles. The molecule has 0 aliphatic carbocycles. The van der Waals surface area contributed by atoms with Crippen LogP contribution in [0.3, 0.4) is 0 Å². The molecule has 1 aliphatic rings. The summed E-state index contributed by atoms with van der Waals surface area (Å²) in [5.41, 5.74) is 2.15. The molecule has 206 valence electrons. The summed E-state index contributed by atoms with van der Waals surface area (Å²) in [5.74, 6) is -1.50. The van der Waals surface area contributed by atoms with E-state index in [9.17, 15) is 22.8 Å². The first kappa shape index (κ1) is 28.3. The molecule has 2 amide bonds. The van der Waals surface area contributed by atoms with E-state index in [4.69, 9.17) is 4.74 Å². The summed E-state index contributed by atoms with van der Waals surface area (Å²) in [6.45, 7) is 2.18. The summed E-state index contributed by atoms with van der Waals surface area (Å²) in [5, 5.41) is 7.50. The fourth-order valence-corrected chi connectivity index (χ4v) is 6.79.